The second kappa shape index (κ2) is 3.58. The van der Waals surface area contributed by atoms with E-state index in [9.17, 15) is 13.2 Å². The van der Waals surface area contributed by atoms with Gasteiger partial charge in [0.1, 0.15) is 0 Å². The summed E-state index contributed by atoms with van der Waals surface area (Å²) in [4.78, 5) is 11.6. The van der Waals surface area contributed by atoms with Crippen molar-refractivity contribution in [1.29, 1.82) is 0 Å². The van der Waals surface area contributed by atoms with Crippen LogP contribution in [0.3, 0.4) is 0 Å². The van der Waals surface area contributed by atoms with Crippen LogP contribution >= 0.6 is 0 Å². The average molecular weight is 245 g/mol. The first-order chi connectivity index (χ1) is 6.96. The lowest BCUT2D eigenvalue weighted by atomic mass is 9.82. The quantitative estimate of drug-likeness (QED) is 0.746. The van der Waals surface area contributed by atoms with Crippen LogP contribution in [0.2, 0.25) is 0 Å². The van der Waals surface area contributed by atoms with Crippen LogP contribution < -0.4 is 0 Å². The van der Waals surface area contributed by atoms with Crippen LogP contribution in [0.25, 0.3) is 0 Å². The summed E-state index contributed by atoms with van der Waals surface area (Å²) >= 11 is 0. The zero-order chi connectivity index (χ0) is 12.8. The van der Waals surface area contributed by atoms with Crippen LogP contribution in [0, 0.1) is 5.41 Å². The average Bonchev–Trinajstić information content (AvgIpc) is 2.19. The predicted octanol–water partition coefficient (Wildman–Crippen LogP) is 1.89. The minimum absolute atomic E-state index is 0.0398. The van der Waals surface area contributed by atoms with Gasteiger partial charge in [0.15, 0.2) is 0 Å². The standard InChI is InChI=1S/C11H19NO3S/c1-10(2,3)8-11(4,5)12-9(13)6-7-16(12,14)15/h6-7H,8H2,1-5H3. The van der Waals surface area contributed by atoms with Crippen LogP contribution in [0.1, 0.15) is 41.0 Å². The van der Waals surface area contributed by atoms with E-state index < -0.39 is 21.5 Å². The van der Waals surface area contributed by atoms with E-state index in [1.807, 2.05) is 20.8 Å². The van der Waals surface area contributed by atoms with E-state index in [0.29, 0.717) is 6.42 Å². The first-order valence-electron chi connectivity index (χ1n) is 5.23. The third-order valence-electron chi connectivity index (χ3n) is 2.35. The van der Waals surface area contributed by atoms with Crippen molar-refractivity contribution in [3.8, 4) is 0 Å². The Hall–Kier alpha value is -0.840. The summed E-state index contributed by atoms with van der Waals surface area (Å²) in [5.74, 6) is -0.450. The van der Waals surface area contributed by atoms with E-state index in [-0.39, 0.29) is 5.41 Å². The van der Waals surface area contributed by atoms with Crippen molar-refractivity contribution in [1.82, 2.24) is 4.31 Å². The Balaban J connectivity index is 3.06. The van der Waals surface area contributed by atoms with Crippen LogP contribution in [0.4, 0.5) is 0 Å². The van der Waals surface area contributed by atoms with Gasteiger partial charge in [0.05, 0.1) is 10.9 Å². The fraction of sp³-hybridized carbons (Fsp3) is 0.727. The fourth-order valence-electron chi connectivity index (χ4n) is 2.41. The second-order valence-corrected chi connectivity index (χ2v) is 7.67. The van der Waals surface area contributed by atoms with Crippen molar-refractivity contribution in [2.75, 3.05) is 0 Å². The molecule has 0 aromatic rings. The first kappa shape index (κ1) is 13.2. The molecule has 92 valence electrons. The maximum atomic E-state index is 11.7. The summed E-state index contributed by atoms with van der Waals surface area (Å²) < 4.78 is 24.4. The zero-order valence-electron chi connectivity index (χ0n) is 10.4. The van der Waals surface area contributed by atoms with Gasteiger partial charge in [0.25, 0.3) is 15.9 Å². The van der Waals surface area contributed by atoms with E-state index >= 15 is 0 Å². The monoisotopic (exact) mass is 245 g/mol. The molecular formula is C11H19NO3S. The molecule has 4 nitrogen and oxygen atoms in total. The molecule has 0 bridgehead atoms. The molecule has 0 atom stereocenters. The summed E-state index contributed by atoms with van der Waals surface area (Å²) in [5, 5.41) is 0.972. The third-order valence-corrected chi connectivity index (χ3v) is 4.01. The lowest BCUT2D eigenvalue weighted by molar-refractivity contribution is -0.124. The van der Waals surface area contributed by atoms with Crippen molar-refractivity contribution in [2.24, 2.45) is 5.41 Å². The number of carbonyl (C=O) groups excluding carboxylic acids is 1. The topological polar surface area (TPSA) is 54.5 Å². The van der Waals surface area contributed by atoms with Gasteiger partial charge >= 0.3 is 0 Å². The molecule has 0 aliphatic carbocycles. The normalized spacial score (nSPS) is 20.6. The van der Waals surface area contributed by atoms with E-state index in [2.05, 4.69) is 0 Å². The van der Waals surface area contributed by atoms with Gasteiger partial charge in [-0.1, -0.05) is 20.8 Å². The van der Waals surface area contributed by atoms with E-state index in [4.69, 9.17) is 0 Å². The highest BCUT2D eigenvalue weighted by Gasteiger charge is 2.43. The molecule has 16 heavy (non-hydrogen) atoms. The Bertz CT molecular complexity index is 427. The highest BCUT2D eigenvalue weighted by molar-refractivity contribution is 7.93. The Morgan fingerprint density at radius 1 is 1.19 bits per heavy atom. The summed E-state index contributed by atoms with van der Waals surface area (Å²) in [6, 6.07) is 0. The molecule has 1 rings (SSSR count). The molecule has 0 aromatic carbocycles. The smallest absolute Gasteiger partial charge is 0.261 e. The molecule has 0 fully saturated rings. The molecule has 1 aliphatic rings. The molecule has 0 radical (unpaired) electrons. The van der Waals surface area contributed by atoms with Crippen molar-refractivity contribution in [2.45, 2.75) is 46.6 Å². The van der Waals surface area contributed by atoms with Crippen LogP contribution in [-0.2, 0) is 14.8 Å². The van der Waals surface area contributed by atoms with Crippen molar-refractivity contribution in [3.63, 3.8) is 0 Å². The Labute approximate surface area is 97.4 Å². The summed E-state index contributed by atoms with van der Waals surface area (Å²) in [6.45, 7) is 9.63. The van der Waals surface area contributed by atoms with Gasteiger partial charge in [0, 0.05) is 6.08 Å². The molecular weight excluding hydrogens is 226 g/mol. The Morgan fingerprint density at radius 3 is 2.00 bits per heavy atom. The van der Waals surface area contributed by atoms with Crippen molar-refractivity contribution < 1.29 is 13.2 Å². The number of carbonyl (C=O) groups is 1. The van der Waals surface area contributed by atoms with E-state index in [0.717, 1.165) is 15.8 Å². The molecule has 0 spiro atoms. The number of hydrogen-bond donors (Lipinski definition) is 0. The highest BCUT2D eigenvalue weighted by atomic mass is 32.2. The summed E-state index contributed by atoms with van der Waals surface area (Å²) in [5.41, 5.74) is -0.737. The Morgan fingerprint density at radius 2 is 1.69 bits per heavy atom. The van der Waals surface area contributed by atoms with Crippen molar-refractivity contribution in [3.05, 3.63) is 11.5 Å². The second-order valence-electron chi connectivity index (χ2n) is 6.00. The highest BCUT2D eigenvalue weighted by Crippen LogP contribution is 2.35. The minimum Gasteiger partial charge on any atom is -0.269 e. The summed E-state index contributed by atoms with van der Waals surface area (Å²) in [7, 11) is -3.56. The fourth-order valence-corrected chi connectivity index (χ4v) is 3.89. The molecule has 1 aliphatic heterocycles. The Kier molecular flexibility index (Phi) is 2.96. The van der Waals surface area contributed by atoms with E-state index in [1.54, 1.807) is 13.8 Å². The van der Waals surface area contributed by atoms with Gasteiger partial charge in [-0.25, -0.2) is 12.7 Å². The SMILES string of the molecule is CC(C)(C)CC(C)(C)N1C(=O)C=CS1(=O)=O. The summed E-state index contributed by atoms with van der Waals surface area (Å²) in [6.07, 6.45) is 1.73. The predicted molar refractivity (Wildman–Crippen MR) is 63.1 cm³/mol. The van der Waals surface area contributed by atoms with Gasteiger partial charge in [0.2, 0.25) is 0 Å². The first-order valence-corrected chi connectivity index (χ1v) is 6.74. The van der Waals surface area contributed by atoms with Crippen LogP contribution in [-0.4, -0.2) is 24.2 Å². The molecule has 0 aromatic heterocycles. The molecule has 0 N–H and O–H groups in total. The molecule has 1 heterocycles. The van der Waals surface area contributed by atoms with E-state index in [1.165, 1.54) is 0 Å². The van der Waals surface area contributed by atoms with Crippen LogP contribution in [0.5, 0.6) is 0 Å². The number of sulfonamides is 1. The third kappa shape index (κ3) is 2.64. The number of amides is 1. The minimum atomic E-state index is -3.56. The van der Waals surface area contributed by atoms with Gasteiger partial charge in [-0.2, -0.15) is 0 Å². The largest absolute Gasteiger partial charge is 0.269 e. The van der Waals surface area contributed by atoms with Gasteiger partial charge in [-0.3, -0.25) is 4.79 Å². The maximum Gasteiger partial charge on any atom is 0.261 e. The maximum absolute atomic E-state index is 11.7. The van der Waals surface area contributed by atoms with Gasteiger partial charge in [-0.05, 0) is 25.7 Å². The number of rotatable bonds is 2. The van der Waals surface area contributed by atoms with Gasteiger partial charge in [-0.15, -0.1) is 0 Å². The van der Waals surface area contributed by atoms with Crippen molar-refractivity contribution >= 4 is 15.9 Å². The van der Waals surface area contributed by atoms with Crippen LogP contribution in [0.15, 0.2) is 11.5 Å². The lowest BCUT2D eigenvalue weighted by Gasteiger charge is -2.38. The number of nitrogens with zero attached hydrogens (tertiary/aromatic N) is 1. The molecule has 5 heteroatoms. The molecule has 0 saturated carbocycles. The number of hydrogen-bond acceptors (Lipinski definition) is 3. The van der Waals surface area contributed by atoms with Gasteiger partial charge < -0.3 is 0 Å². The molecule has 0 unspecified atom stereocenters. The zero-order valence-corrected chi connectivity index (χ0v) is 11.3. The molecule has 0 saturated heterocycles. The molecule has 1 amide bonds. The lowest BCUT2D eigenvalue weighted by Crippen LogP contribution is -2.49.